The Labute approximate surface area is 172 Å². The molecule has 0 saturated heterocycles. The largest absolute Gasteiger partial charge is 0.497 e. The van der Waals surface area contributed by atoms with Gasteiger partial charge in [-0.2, -0.15) is 0 Å². The van der Waals surface area contributed by atoms with E-state index in [1.165, 1.54) is 21.5 Å². The maximum atomic E-state index is 5.46. The summed E-state index contributed by atoms with van der Waals surface area (Å²) in [5.74, 6) is 0.865. The van der Waals surface area contributed by atoms with E-state index in [0.29, 0.717) is 6.54 Å². The van der Waals surface area contributed by atoms with Crippen molar-refractivity contribution < 1.29 is 4.74 Å². The zero-order chi connectivity index (χ0) is 19.9. The van der Waals surface area contributed by atoms with Gasteiger partial charge in [0.05, 0.1) is 20.7 Å². The molecule has 0 heterocycles. The number of methoxy groups -OCH3 is 1. The van der Waals surface area contributed by atoms with Crippen LogP contribution in [0.1, 0.15) is 5.56 Å². The van der Waals surface area contributed by atoms with Crippen molar-refractivity contribution in [3.05, 3.63) is 121 Å². The lowest BCUT2D eigenvalue weighted by Gasteiger charge is -2.27. The summed E-state index contributed by atoms with van der Waals surface area (Å²) in [4.78, 5) is 0. The quantitative estimate of drug-likeness (QED) is 0.401. The summed E-state index contributed by atoms with van der Waals surface area (Å²) in [7, 11) is -0.453. The molecule has 0 aliphatic rings. The van der Waals surface area contributed by atoms with Crippen molar-refractivity contribution in [3.8, 4) is 5.75 Å². The van der Waals surface area contributed by atoms with Gasteiger partial charge in [-0.15, -0.1) is 0 Å². The molecule has 0 atom stereocenters. The molecule has 0 aliphatic heterocycles. The molecule has 0 bridgehead atoms. The predicted molar refractivity (Wildman–Crippen MR) is 124 cm³/mol. The van der Waals surface area contributed by atoms with Crippen LogP contribution in [0.5, 0.6) is 5.75 Å². The third-order valence-corrected chi connectivity index (χ3v) is 8.72. The van der Waals surface area contributed by atoms with Crippen LogP contribution in [0, 0.1) is 0 Å². The fourth-order valence-electron chi connectivity index (χ4n) is 3.54. The molecule has 0 spiro atoms. The van der Waals surface area contributed by atoms with Gasteiger partial charge in [0.2, 0.25) is 0 Å². The number of ether oxygens (including phenoxy) is 1. The molecular formula is C26H24NOP. The normalized spacial score (nSPS) is 11.1. The van der Waals surface area contributed by atoms with Crippen LogP contribution < -0.4 is 20.7 Å². The molecule has 29 heavy (non-hydrogen) atoms. The van der Waals surface area contributed by atoms with Crippen molar-refractivity contribution >= 4 is 23.0 Å². The number of hydrogen-bond donors (Lipinski definition) is 0. The lowest BCUT2D eigenvalue weighted by Crippen LogP contribution is -2.25. The van der Waals surface area contributed by atoms with Crippen LogP contribution in [0.2, 0.25) is 0 Å². The van der Waals surface area contributed by atoms with E-state index in [0.717, 1.165) is 5.75 Å². The monoisotopic (exact) mass is 397 g/mol. The van der Waals surface area contributed by atoms with Gasteiger partial charge in [0, 0.05) is 15.9 Å². The van der Waals surface area contributed by atoms with Gasteiger partial charge in [0.15, 0.2) is 0 Å². The van der Waals surface area contributed by atoms with Gasteiger partial charge < -0.3 is 4.74 Å². The molecule has 0 unspecified atom stereocenters. The zero-order valence-corrected chi connectivity index (χ0v) is 17.4. The second-order valence-corrected chi connectivity index (χ2v) is 9.89. The van der Waals surface area contributed by atoms with Crippen LogP contribution in [-0.2, 0) is 6.54 Å². The molecule has 0 N–H and O–H groups in total. The highest BCUT2D eigenvalue weighted by Gasteiger charge is 2.26. The summed E-state index contributed by atoms with van der Waals surface area (Å²) in [6.07, 6.45) is 0. The standard InChI is InChI=1S/C26H24NOP/c1-28-23-19-17-22(18-20-23)21-27-29(24-11-5-2-6-12-24,25-13-7-3-8-14-25)26-15-9-4-10-16-26/h2-20H,21H2,1H3. The van der Waals surface area contributed by atoms with E-state index in [9.17, 15) is 0 Å². The fourth-order valence-corrected chi connectivity index (χ4v) is 7.11. The van der Waals surface area contributed by atoms with Crippen molar-refractivity contribution in [1.29, 1.82) is 0 Å². The molecule has 0 amide bonds. The molecule has 144 valence electrons. The minimum Gasteiger partial charge on any atom is -0.497 e. The van der Waals surface area contributed by atoms with Gasteiger partial charge in [-0.3, -0.25) is 4.74 Å². The zero-order valence-electron chi connectivity index (χ0n) is 16.5. The molecule has 0 fully saturated rings. The SMILES string of the molecule is COc1ccc(CN=P(c2ccccc2)(c2ccccc2)c2ccccc2)cc1. The number of rotatable bonds is 6. The third-order valence-electron chi connectivity index (χ3n) is 5.01. The highest BCUT2D eigenvalue weighted by Crippen LogP contribution is 2.46. The van der Waals surface area contributed by atoms with Crippen molar-refractivity contribution in [2.75, 3.05) is 7.11 Å². The summed E-state index contributed by atoms with van der Waals surface area (Å²) in [6.45, 7) is 0.649. The summed E-state index contributed by atoms with van der Waals surface area (Å²) >= 11 is 0. The summed E-state index contributed by atoms with van der Waals surface area (Å²) < 4.78 is 10.8. The maximum absolute atomic E-state index is 5.46. The molecule has 4 aromatic carbocycles. The van der Waals surface area contributed by atoms with Gasteiger partial charge in [-0.05, 0) is 17.7 Å². The molecule has 3 heteroatoms. The van der Waals surface area contributed by atoms with Crippen LogP contribution in [0.25, 0.3) is 0 Å². The first-order chi connectivity index (χ1) is 14.3. The summed E-state index contributed by atoms with van der Waals surface area (Å²) in [6, 6.07) is 40.3. The van der Waals surface area contributed by atoms with E-state index < -0.39 is 7.05 Å². The summed E-state index contributed by atoms with van der Waals surface area (Å²) in [5, 5.41) is 3.81. The van der Waals surface area contributed by atoms with E-state index in [-0.39, 0.29) is 0 Å². The second kappa shape index (κ2) is 8.94. The highest BCUT2D eigenvalue weighted by molar-refractivity contribution is 7.87. The number of benzene rings is 4. The Morgan fingerprint density at radius 2 is 1.00 bits per heavy atom. The molecular weight excluding hydrogens is 373 g/mol. The number of nitrogens with zero attached hydrogens (tertiary/aromatic N) is 1. The van der Waals surface area contributed by atoms with Crippen molar-refractivity contribution in [1.82, 2.24) is 0 Å². The van der Waals surface area contributed by atoms with E-state index >= 15 is 0 Å². The Morgan fingerprint density at radius 1 is 0.586 bits per heavy atom. The van der Waals surface area contributed by atoms with E-state index in [2.05, 4.69) is 103 Å². The predicted octanol–water partition coefficient (Wildman–Crippen LogP) is 5.37. The Hall–Kier alpha value is -3.09. The fraction of sp³-hybridized carbons (Fsp3) is 0.0769. The van der Waals surface area contributed by atoms with Gasteiger partial charge in [-0.25, -0.2) is 0 Å². The van der Waals surface area contributed by atoms with Crippen molar-refractivity contribution in [2.45, 2.75) is 6.54 Å². The molecule has 4 rings (SSSR count). The smallest absolute Gasteiger partial charge is 0.118 e. The first kappa shape index (κ1) is 19.2. The van der Waals surface area contributed by atoms with Gasteiger partial charge >= 0.3 is 0 Å². The van der Waals surface area contributed by atoms with E-state index in [1.54, 1.807) is 7.11 Å². The second-order valence-electron chi connectivity index (χ2n) is 6.79. The Balaban J connectivity index is 1.94. The van der Waals surface area contributed by atoms with Crippen LogP contribution in [0.3, 0.4) is 0 Å². The van der Waals surface area contributed by atoms with Crippen LogP contribution in [-0.4, -0.2) is 7.11 Å². The van der Waals surface area contributed by atoms with Crippen LogP contribution >= 0.6 is 7.05 Å². The van der Waals surface area contributed by atoms with E-state index in [1.807, 2.05) is 12.1 Å². The van der Waals surface area contributed by atoms with Crippen molar-refractivity contribution in [3.63, 3.8) is 0 Å². The first-order valence-electron chi connectivity index (χ1n) is 9.71. The number of hydrogen-bond acceptors (Lipinski definition) is 2. The topological polar surface area (TPSA) is 21.6 Å². The molecule has 0 aromatic heterocycles. The Bertz CT molecular complexity index is 988. The summed E-state index contributed by atoms with van der Waals surface area (Å²) in [5.41, 5.74) is 1.18. The minimum atomic E-state index is -2.14. The first-order valence-corrected chi connectivity index (χ1v) is 11.4. The highest BCUT2D eigenvalue weighted by atomic mass is 31.2. The maximum Gasteiger partial charge on any atom is 0.118 e. The van der Waals surface area contributed by atoms with Gasteiger partial charge in [0.1, 0.15) is 5.75 Å². The molecule has 4 aromatic rings. The third kappa shape index (κ3) is 4.04. The average Bonchev–Trinajstić information content (AvgIpc) is 2.82. The van der Waals surface area contributed by atoms with Crippen LogP contribution in [0.4, 0.5) is 0 Å². The van der Waals surface area contributed by atoms with Crippen LogP contribution in [0.15, 0.2) is 120 Å². The molecule has 0 saturated carbocycles. The molecule has 0 radical (unpaired) electrons. The minimum absolute atomic E-state index is 0.649. The lowest BCUT2D eigenvalue weighted by molar-refractivity contribution is 0.414. The average molecular weight is 397 g/mol. The van der Waals surface area contributed by atoms with Gasteiger partial charge in [0.25, 0.3) is 0 Å². The lowest BCUT2D eigenvalue weighted by atomic mass is 10.2. The molecule has 0 aliphatic carbocycles. The Kier molecular flexibility index (Phi) is 5.93. The Morgan fingerprint density at radius 3 is 1.38 bits per heavy atom. The molecule has 2 nitrogen and oxygen atoms in total. The van der Waals surface area contributed by atoms with Crippen molar-refractivity contribution in [2.24, 2.45) is 4.74 Å². The van der Waals surface area contributed by atoms with Gasteiger partial charge in [-0.1, -0.05) is 103 Å². The van der Waals surface area contributed by atoms with E-state index in [4.69, 9.17) is 9.48 Å².